The molecule has 0 heterocycles. The largest absolute Gasteiger partial charge is 0.286 e. The zero-order chi connectivity index (χ0) is 13.3. The van der Waals surface area contributed by atoms with Crippen molar-refractivity contribution in [2.45, 2.75) is 32.6 Å². The fraction of sp³-hybridized carbons (Fsp3) is 0.438. The van der Waals surface area contributed by atoms with E-state index in [0.717, 1.165) is 4.90 Å². The molecule has 1 aliphatic rings. The number of benzene rings is 1. The van der Waals surface area contributed by atoms with Gasteiger partial charge in [-0.25, -0.2) is 0 Å². The van der Waals surface area contributed by atoms with Crippen LogP contribution in [0.5, 0.6) is 0 Å². The van der Waals surface area contributed by atoms with Crippen LogP contribution in [-0.2, 0) is 4.79 Å². The second kappa shape index (κ2) is 4.93. The van der Waals surface area contributed by atoms with E-state index in [1.807, 2.05) is 30.3 Å². The van der Waals surface area contributed by atoms with Crippen molar-refractivity contribution < 1.29 is 4.79 Å². The highest BCUT2D eigenvalue weighted by molar-refractivity contribution is 8.13. The maximum Gasteiger partial charge on any atom is 0.197 e. The molecule has 1 fully saturated rings. The van der Waals surface area contributed by atoms with E-state index in [2.05, 4.69) is 33.8 Å². The molecule has 0 saturated heterocycles. The smallest absolute Gasteiger partial charge is 0.197 e. The van der Waals surface area contributed by atoms with E-state index in [4.69, 9.17) is 0 Å². The van der Waals surface area contributed by atoms with Crippen LogP contribution in [0.3, 0.4) is 0 Å². The molecule has 1 aromatic rings. The SMILES string of the molecule is CC(C)=C[C@@H]1[C@@H](C(=O)Sc2ccccc2)C1(C)C. The van der Waals surface area contributed by atoms with Gasteiger partial charge in [-0.2, -0.15) is 0 Å². The molecule has 0 spiro atoms. The summed E-state index contributed by atoms with van der Waals surface area (Å²) in [5.41, 5.74) is 1.42. The maximum atomic E-state index is 12.3. The van der Waals surface area contributed by atoms with Crippen molar-refractivity contribution in [3.05, 3.63) is 42.0 Å². The minimum atomic E-state index is 0.121. The van der Waals surface area contributed by atoms with Gasteiger partial charge in [-0.1, -0.05) is 55.5 Å². The van der Waals surface area contributed by atoms with Gasteiger partial charge in [0.25, 0.3) is 0 Å². The molecule has 2 atom stereocenters. The highest BCUT2D eigenvalue weighted by Gasteiger charge is 2.60. The van der Waals surface area contributed by atoms with Gasteiger partial charge < -0.3 is 0 Å². The monoisotopic (exact) mass is 260 g/mol. The van der Waals surface area contributed by atoms with Crippen molar-refractivity contribution in [1.82, 2.24) is 0 Å². The molecular weight excluding hydrogens is 240 g/mol. The van der Waals surface area contributed by atoms with Crippen molar-refractivity contribution in [3.8, 4) is 0 Å². The third kappa shape index (κ3) is 2.69. The topological polar surface area (TPSA) is 17.1 Å². The highest BCUT2D eigenvalue weighted by atomic mass is 32.2. The maximum absolute atomic E-state index is 12.3. The number of carbonyl (C=O) groups excluding carboxylic acids is 1. The van der Waals surface area contributed by atoms with E-state index < -0.39 is 0 Å². The molecule has 0 unspecified atom stereocenters. The quantitative estimate of drug-likeness (QED) is 0.586. The second-order valence-electron chi connectivity index (χ2n) is 5.80. The first-order chi connectivity index (χ1) is 8.43. The minimum absolute atomic E-state index is 0.121. The first kappa shape index (κ1) is 13.4. The summed E-state index contributed by atoms with van der Waals surface area (Å²) < 4.78 is 0. The fourth-order valence-corrected chi connectivity index (χ4v) is 3.57. The van der Waals surface area contributed by atoms with Crippen LogP contribution in [0.4, 0.5) is 0 Å². The molecule has 0 amide bonds. The Labute approximate surface area is 114 Å². The third-order valence-corrected chi connectivity index (χ3v) is 4.60. The molecule has 0 N–H and O–H groups in total. The van der Waals surface area contributed by atoms with Gasteiger partial charge in [-0.05, 0) is 37.3 Å². The summed E-state index contributed by atoms with van der Waals surface area (Å²) >= 11 is 1.38. The van der Waals surface area contributed by atoms with Gasteiger partial charge in [0.1, 0.15) is 0 Å². The fourth-order valence-electron chi connectivity index (χ4n) is 2.47. The Kier molecular flexibility index (Phi) is 3.67. The predicted octanol–water partition coefficient (Wildman–Crippen LogP) is 4.54. The standard InChI is InChI=1S/C16H20OS/c1-11(2)10-13-14(16(13,3)4)15(17)18-12-8-6-5-7-9-12/h5-10,13-14H,1-4H3/t13-,14+/m1/s1. The van der Waals surface area contributed by atoms with Crippen LogP contribution in [0.15, 0.2) is 46.9 Å². The van der Waals surface area contributed by atoms with E-state index in [1.54, 1.807) is 0 Å². The van der Waals surface area contributed by atoms with Crippen molar-refractivity contribution in [2.24, 2.45) is 17.3 Å². The molecule has 0 bridgehead atoms. The summed E-state index contributed by atoms with van der Waals surface area (Å²) in [7, 11) is 0. The Morgan fingerprint density at radius 2 is 1.83 bits per heavy atom. The lowest BCUT2D eigenvalue weighted by Gasteiger charge is -2.01. The van der Waals surface area contributed by atoms with Crippen molar-refractivity contribution in [1.29, 1.82) is 0 Å². The molecule has 1 aromatic carbocycles. The van der Waals surface area contributed by atoms with Crippen LogP contribution in [0.25, 0.3) is 0 Å². The highest BCUT2D eigenvalue weighted by Crippen LogP contribution is 2.61. The Hall–Kier alpha value is -1.02. The van der Waals surface area contributed by atoms with Crippen molar-refractivity contribution in [3.63, 3.8) is 0 Å². The molecule has 0 aromatic heterocycles. The summed E-state index contributed by atoms with van der Waals surface area (Å²) in [5, 5.41) is 0.300. The summed E-state index contributed by atoms with van der Waals surface area (Å²) in [5.74, 6) is 0.573. The van der Waals surface area contributed by atoms with Crippen LogP contribution in [0.1, 0.15) is 27.7 Å². The Balaban J connectivity index is 2.05. The van der Waals surface area contributed by atoms with E-state index >= 15 is 0 Å². The van der Waals surface area contributed by atoms with Crippen molar-refractivity contribution >= 4 is 16.9 Å². The Bertz CT molecular complexity index is 469. The lowest BCUT2D eigenvalue weighted by molar-refractivity contribution is -0.112. The zero-order valence-corrected chi connectivity index (χ0v) is 12.3. The number of thioether (sulfide) groups is 1. The van der Waals surface area contributed by atoms with Gasteiger partial charge in [0, 0.05) is 10.8 Å². The minimum Gasteiger partial charge on any atom is -0.286 e. The number of hydrogen-bond donors (Lipinski definition) is 0. The molecule has 2 heteroatoms. The molecule has 96 valence electrons. The van der Waals surface area contributed by atoms with E-state index in [0.29, 0.717) is 11.0 Å². The van der Waals surface area contributed by atoms with E-state index in [-0.39, 0.29) is 11.3 Å². The summed E-state index contributed by atoms with van der Waals surface area (Å²) in [6.45, 7) is 8.57. The van der Waals surface area contributed by atoms with Gasteiger partial charge >= 0.3 is 0 Å². The molecule has 0 radical (unpaired) electrons. The lowest BCUT2D eigenvalue weighted by Crippen LogP contribution is -2.00. The molecule has 0 aliphatic heterocycles. The van der Waals surface area contributed by atoms with Gasteiger partial charge in [-0.15, -0.1) is 0 Å². The first-order valence-electron chi connectivity index (χ1n) is 6.34. The normalized spacial score (nSPS) is 24.4. The number of hydrogen-bond acceptors (Lipinski definition) is 2. The number of rotatable bonds is 3. The average Bonchev–Trinajstić information content (AvgIpc) is 2.80. The zero-order valence-electron chi connectivity index (χ0n) is 11.4. The second-order valence-corrected chi connectivity index (χ2v) is 6.88. The van der Waals surface area contributed by atoms with Crippen LogP contribution in [-0.4, -0.2) is 5.12 Å². The Morgan fingerprint density at radius 3 is 2.39 bits per heavy atom. The first-order valence-corrected chi connectivity index (χ1v) is 7.16. The van der Waals surface area contributed by atoms with Crippen LogP contribution >= 0.6 is 11.8 Å². The van der Waals surface area contributed by atoms with Gasteiger partial charge in [-0.3, -0.25) is 4.79 Å². The van der Waals surface area contributed by atoms with Gasteiger partial charge in [0.15, 0.2) is 5.12 Å². The van der Waals surface area contributed by atoms with Crippen LogP contribution in [0.2, 0.25) is 0 Å². The lowest BCUT2D eigenvalue weighted by atomic mass is 10.1. The van der Waals surface area contributed by atoms with E-state index in [9.17, 15) is 4.79 Å². The van der Waals surface area contributed by atoms with E-state index in [1.165, 1.54) is 17.3 Å². The predicted molar refractivity (Wildman–Crippen MR) is 77.5 cm³/mol. The summed E-state index contributed by atoms with van der Waals surface area (Å²) in [6.07, 6.45) is 2.24. The molecule has 1 aliphatic carbocycles. The average molecular weight is 260 g/mol. The molecule has 1 saturated carbocycles. The molecular formula is C16H20OS. The molecule has 2 rings (SSSR count). The summed E-state index contributed by atoms with van der Waals surface area (Å²) in [4.78, 5) is 13.4. The third-order valence-electron chi connectivity index (χ3n) is 3.64. The summed E-state index contributed by atoms with van der Waals surface area (Å²) in [6, 6.07) is 9.91. The molecule has 18 heavy (non-hydrogen) atoms. The Morgan fingerprint density at radius 1 is 1.22 bits per heavy atom. The van der Waals surface area contributed by atoms with Gasteiger partial charge in [0.05, 0.1) is 0 Å². The van der Waals surface area contributed by atoms with Crippen LogP contribution in [0, 0.1) is 17.3 Å². The van der Waals surface area contributed by atoms with Gasteiger partial charge in [0.2, 0.25) is 0 Å². The number of carbonyl (C=O) groups is 1. The van der Waals surface area contributed by atoms with Crippen LogP contribution < -0.4 is 0 Å². The number of allylic oxidation sites excluding steroid dienone is 2. The molecule has 1 nitrogen and oxygen atoms in total. The van der Waals surface area contributed by atoms with Crippen molar-refractivity contribution in [2.75, 3.05) is 0 Å².